The Morgan fingerprint density at radius 2 is 1.53 bits per heavy atom. The summed E-state index contributed by atoms with van der Waals surface area (Å²) in [5.74, 6) is 0. The predicted octanol–water partition coefficient (Wildman–Crippen LogP) is 7.73. The van der Waals surface area contributed by atoms with Crippen LogP contribution in [0.5, 0.6) is 0 Å². The van der Waals surface area contributed by atoms with E-state index in [4.69, 9.17) is 0 Å². The van der Waals surface area contributed by atoms with Crippen molar-refractivity contribution in [3.05, 3.63) is 94.1 Å². The summed E-state index contributed by atoms with van der Waals surface area (Å²) < 4.78 is 3.72. The van der Waals surface area contributed by atoms with Crippen molar-refractivity contribution in [3.63, 3.8) is 0 Å². The Bertz CT molecular complexity index is 1440. The highest BCUT2D eigenvalue weighted by Gasteiger charge is 2.18. The van der Waals surface area contributed by atoms with Crippen LogP contribution < -0.4 is 5.19 Å². The molecule has 0 amide bonds. The third-order valence-corrected chi connectivity index (χ3v) is 8.04. The van der Waals surface area contributed by atoms with Crippen LogP contribution in [0.2, 0.25) is 6.55 Å². The number of hydrogen-bond donors (Lipinski definition) is 0. The summed E-state index contributed by atoms with van der Waals surface area (Å²) >= 11 is 2.45. The van der Waals surface area contributed by atoms with Crippen LogP contribution in [0, 0.1) is 3.57 Å². The number of hydrogen-bond acceptors (Lipinski definition) is 0. The first kappa shape index (κ1) is 21.5. The second-order valence-corrected chi connectivity index (χ2v) is 11.6. The number of aromatic nitrogens is 1. The molecule has 1 aromatic heterocycles. The minimum absolute atomic E-state index is 0.122. The Hall–Kier alpha value is -2.37. The van der Waals surface area contributed by atoms with Crippen LogP contribution in [0.3, 0.4) is 0 Å². The molecule has 0 N–H and O–H groups in total. The maximum atomic E-state index is 2.45. The first-order valence-corrected chi connectivity index (χ1v) is 13.6. The van der Waals surface area contributed by atoms with Crippen LogP contribution in [0.4, 0.5) is 0 Å². The van der Waals surface area contributed by atoms with Gasteiger partial charge in [-0.25, -0.2) is 0 Å². The monoisotopic (exact) mass is 543 g/mol. The van der Waals surface area contributed by atoms with E-state index in [1.807, 2.05) is 0 Å². The fourth-order valence-corrected chi connectivity index (χ4v) is 5.59. The van der Waals surface area contributed by atoms with Crippen LogP contribution in [-0.4, -0.2) is 14.1 Å². The van der Waals surface area contributed by atoms with E-state index in [1.165, 1.54) is 52.9 Å². The Kier molecular flexibility index (Phi) is 5.50. The van der Waals surface area contributed by atoms with Crippen molar-refractivity contribution in [2.75, 3.05) is 0 Å². The minimum atomic E-state index is 0.122. The molecule has 158 valence electrons. The van der Waals surface area contributed by atoms with Gasteiger partial charge < -0.3 is 4.57 Å². The highest BCUT2D eigenvalue weighted by Crippen LogP contribution is 2.36. The largest absolute Gasteiger partial charge is 0.309 e. The lowest BCUT2D eigenvalue weighted by Crippen LogP contribution is -2.10. The van der Waals surface area contributed by atoms with E-state index in [1.54, 1.807) is 0 Å². The molecule has 0 fully saturated rings. The lowest BCUT2D eigenvalue weighted by molar-refractivity contribution is 0.591. The van der Waals surface area contributed by atoms with Gasteiger partial charge in [-0.15, -0.1) is 0 Å². The van der Waals surface area contributed by atoms with Crippen LogP contribution in [0.15, 0.2) is 84.9 Å². The molecule has 0 bridgehead atoms. The fourth-order valence-electron chi connectivity index (χ4n) is 4.41. The number of halogens is 1. The molecular weight excluding hydrogens is 517 g/mol. The number of fused-ring (bicyclic) bond motifs is 3. The Labute approximate surface area is 206 Å². The van der Waals surface area contributed by atoms with Gasteiger partial charge in [0.05, 0.1) is 20.6 Å². The quantitative estimate of drug-likeness (QED) is 0.162. The lowest BCUT2D eigenvalue weighted by Gasteiger charge is -2.19. The molecule has 4 aromatic carbocycles. The van der Waals surface area contributed by atoms with Crippen molar-refractivity contribution >= 4 is 59.1 Å². The first-order chi connectivity index (χ1) is 15.4. The van der Waals surface area contributed by atoms with Gasteiger partial charge in [-0.2, -0.15) is 0 Å². The van der Waals surface area contributed by atoms with Gasteiger partial charge >= 0.3 is 0 Å². The van der Waals surface area contributed by atoms with Gasteiger partial charge in [0.15, 0.2) is 0 Å². The molecule has 0 spiro atoms. The zero-order valence-corrected chi connectivity index (χ0v) is 22.1. The highest BCUT2D eigenvalue weighted by molar-refractivity contribution is 14.1. The normalized spacial score (nSPS) is 12.0. The molecule has 0 atom stereocenters. The van der Waals surface area contributed by atoms with E-state index in [0.29, 0.717) is 0 Å². The number of nitrogens with zero attached hydrogens (tertiary/aromatic N) is 1. The van der Waals surface area contributed by atoms with Crippen molar-refractivity contribution in [1.29, 1.82) is 0 Å². The molecule has 2 radical (unpaired) electrons. The molecule has 0 saturated carbocycles. The Balaban J connectivity index is 1.83. The molecule has 0 aliphatic rings. The van der Waals surface area contributed by atoms with Gasteiger partial charge in [0.2, 0.25) is 0 Å². The van der Waals surface area contributed by atoms with Gasteiger partial charge in [-0.3, -0.25) is 0 Å². The van der Waals surface area contributed by atoms with Crippen molar-refractivity contribution < 1.29 is 0 Å². The molecular formula is C29H26INSi. The summed E-state index contributed by atoms with van der Waals surface area (Å²) in [5.41, 5.74) is 7.80. The molecule has 1 nitrogen and oxygen atoms in total. The fraction of sp³-hybridized carbons (Fsp3) is 0.172. The number of benzene rings is 4. The van der Waals surface area contributed by atoms with E-state index in [2.05, 4.69) is 139 Å². The van der Waals surface area contributed by atoms with Gasteiger partial charge in [0.1, 0.15) is 0 Å². The van der Waals surface area contributed by atoms with Gasteiger partial charge in [-0.1, -0.05) is 81.0 Å². The summed E-state index contributed by atoms with van der Waals surface area (Å²) in [7, 11) is 0.782. The third-order valence-electron chi connectivity index (χ3n) is 6.21. The van der Waals surface area contributed by atoms with Crippen LogP contribution in [0.1, 0.15) is 26.3 Å². The molecule has 0 unspecified atom stereocenters. The second-order valence-electron chi connectivity index (χ2n) is 9.33. The average molecular weight is 544 g/mol. The summed E-state index contributed by atoms with van der Waals surface area (Å²) in [6.07, 6.45) is 0. The molecule has 32 heavy (non-hydrogen) atoms. The zero-order chi connectivity index (χ0) is 22.5. The third kappa shape index (κ3) is 3.71. The van der Waals surface area contributed by atoms with E-state index < -0.39 is 0 Å². The zero-order valence-electron chi connectivity index (χ0n) is 18.9. The molecule has 0 aliphatic heterocycles. The van der Waals surface area contributed by atoms with Gasteiger partial charge in [0, 0.05) is 20.0 Å². The Morgan fingerprint density at radius 3 is 2.25 bits per heavy atom. The standard InChI is InChI=1S/C29H26INSi/c1-29(2,3)20-10-15-27-25(16-20)23-13-12-22(32-4)18-28(23)31(27)21-11-14-26(30)24(17-21)19-8-6-5-7-9-19/h5-18H,1-4H3. The highest BCUT2D eigenvalue weighted by atomic mass is 127. The SMILES string of the molecule is C[Si]c1ccc2c3cc(C(C)(C)C)ccc3n(-c3ccc(I)c(-c4ccccc4)c3)c2c1. The molecule has 0 saturated heterocycles. The van der Waals surface area contributed by atoms with Crippen molar-refractivity contribution in [2.24, 2.45) is 0 Å². The van der Waals surface area contributed by atoms with Gasteiger partial charge in [0.25, 0.3) is 0 Å². The van der Waals surface area contributed by atoms with E-state index >= 15 is 0 Å². The topological polar surface area (TPSA) is 4.93 Å². The van der Waals surface area contributed by atoms with Crippen LogP contribution >= 0.6 is 22.6 Å². The van der Waals surface area contributed by atoms with Crippen LogP contribution in [0.25, 0.3) is 38.6 Å². The van der Waals surface area contributed by atoms with E-state index in [-0.39, 0.29) is 5.41 Å². The Morgan fingerprint density at radius 1 is 0.750 bits per heavy atom. The summed E-state index contributed by atoms with van der Waals surface area (Å²) in [6, 6.07) is 31.5. The maximum absolute atomic E-state index is 2.45. The minimum Gasteiger partial charge on any atom is -0.309 e. The molecule has 3 heteroatoms. The maximum Gasteiger partial charge on any atom is 0.0774 e. The van der Waals surface area contributed by atoms with Crippen LogP contribution in [-0.2, 0) is 5.41 Å². The summed E-state index contributed by atoms with van der Waals surface area (Å²) in [5, 5.41) is 4.05. The number of rotatable bonds is 3. The molecule has 5 aromatic rings. The van der Waals surface area contributed by atoms with Gasteiger partial charge in [-0.05, 0) is 81.1 Å². The smallest absolute Gasteiger partial charge is 0.0774 e. The summed E-state index contributed by atoms with van der Waals surface area (Å²) in [4.78, 5) is 0. The van der Waals surface area contributed by atoms with E-state index in [9.17, 15) is 0 Å². The second kappa shape index (κ2) is 8.20. The first-order valence-electron chi connectivity index (χ1n) is 11.0. The average Bonchev–Trinajstić information content (AvgIpc) is 3.12. The molecule has 0 aliphatic carbocycles. The van der Waals surface area contributed by atoms with Crippen molar-refractivity contribution in [3.8, 4) is 16.8 Å². The predicted molar refractivity (Wildman–Crippen MR) is 149 cm³/mol. The molecule has 5 rings (SSSR count). The van der Waals surface area contributed by atoms with Crippen molar-refractivity contribution in [1.82, 2.24) is 4.57 Å². The lowest BCUT2D eigenvalue weighted by atomic mass is 9.86. The van der Waals surface area contributed by atoms with E-state index in [0.717, 1.165) is 9.52 Å². The molecule has 1 heterocycles. The summed E-state index contributed by atoms with van der Waals surface area (Å²) in [6.45, 7) is 9.11. The van der Waals surface area contributed by atoms with Crippen molar-refractivity contribution in [2.45, 2.75) is 32.7 Å².